The van der Waals surface area contributed by atoms with E-state index in [1.165, 1.54) is 0 Å². The average molecular weight is 355 g/mol. The standard InChI is InChI=1S/C16H19ClN4O.ClH/c17-12-4-2-6-14(10-12)21-15(7-8-19-21)20-16(22)11-3-1-5-13(18)9-11;/h2,4,6-8,10-11,13H,1,3,5,9,18H2,(H,20,22);1H. The van der Waals surface area contributed by atoms with Crippen LogP contribution in [-0.4, -0.2) is 21.7 Å². The fraction of sp³-hybridized carbons (Fsp3) is 0.375. The molecule has 1 aliphatic carbocycles. The van der Waals surface area contributed by atoms with E-state index < -0.39 is 0 Å². The quantitative estimate of drug-likeness (QED) is 0.886. The summed E-state index contributed by atoms with van der Waals surface area (Å²) in [5.41, 5.74) is 6.77. The highest BCUT2D eigenvalue weighted by atomic mass is 35.5. The molecule has 23 heavy (non-hydrogen) atoms. The molecule has 124 valence electrons. The molecule has 1 aromatic heterocycles. The smallest absolute Gasteiger partial charge is 0.228 e. The lowest BCUT2D eigenvalue weighted by Crippen LogP contribution is -2.34. The summed E-state index contributed by atoms with van der Waals surface area (Å²) in [6, 6.07) is 9.26. The Balaban J connectivity index is 0.00000192. The number of hydrogen-bond donors (Lipinski definition) is 2. The number of nitrogens with zero attached hydrogens (tertiary/aromatic N) is 2. The maximum atomic E-state index is 12.4. The molecular formula is C16H20Cl2N4O. The fourth-order valence-corrected chi connectivity index (χ4v) is 3.09. The van der Waals surface area contributed by atoms with Crippen LogP contribution in [0.25, 0.3) is 5.69 Å². The van der Waals surface area contributed by atoms with Crippen LogP contribution in [0.2, 0.25) is 5.02 Å². The first-order chi connectivity index (χ1) is 10.6. The van der Waals surface area contributed by atoms with Crippen LogP contribution in [0.5, 0.6) is 0 Å². The Morgan fingerprint density at radius 3 is 2.91 bits per heavy atom. The van der Waals surface area contributed by atoms with E-state index in [-0.39, 0.29) is 30.3 Å². The molecule has 2 atom stereocenters. The number of hydrogen-bond acceptors (Lipinski definition) is 3. The minimum atomic E-state index is -0.0218. The summed E-state index contributed by atoms with van der Waals surface area (Å²) in [4.78, 5) is 12.4. The number of amides is 1. The molecular weight excluding hydrogens is 335 g/mol. The van der Waals surface area contributed by atoms with Crippen molar-refractivity contribution < 1.29 is 4.79 Å². The molecule has 1 aliphatic rings. The second kappa shape index (κ2) is 7.81. The molecule has 1 aromatic carbocycles. The van der Waals surface area contributed by atoms with Crippen LogP contribution >= 0.6 is 24.0 Å². The van der Waals surface area contributed by atoms with Crippen molar-refractivity contribution in [3.8, 4) is 5.69 Å². The highest BCUT2D eigenvalue weighted by Crippen LogP contribution is 2.25. The molecule has 0 aliphatic heterocycles. The van der Waals surface area contributed by atoms with Crippen molar-refractivity contribution in [2.45, 2.75) is 31.7 Å². The number of rotatable bonds is 3. The van der Waals surface area contributed by atoms with E-state index in [1.807, 2.05) is 12.1 Å². The van der Waals surface area contributed by atoms with Crippen LogP contribution in [-0.2, 0) is 4.79 Å². The van der Waals surface area contributed by atoms with Gasteiger partial charge in [0.25, 0.3) is 0 Å². The summed E-state index contributed by atoms with van der Waals surface area (Å²) >= 11 is 6.02. The number of carbonyl (C=O) groups is 1. The predicted molar refractivity (Wildman–Crippen MR) is 94.4 cm³/mol. The summed E-state index contributed by atoms with van der Waals surface area (Å²) in [5.74, 6) is 0.636. The van der Waals surface area contributed by atoms with E-state index in [4.69, 9.17) is 17.3 Å². The van der Waals surface area contributed by atoms with Gasteiger partial charge in [0, 0.05) is 23.0 Å². The SMILES string of the molecule is Cl.NC1CCCC(C(=O)Nc2ccnn2-c2cccc(Cl)c2)C1. The monoisotopic (exact) mass is 354 g/mol. The number of nitrogens with one attached hydrogen (secondary N) is 1. The highest BCUT2D eigenvalue weighted by Gasteiger charge is 2.26. The summed E-state index contributed by atoms with van der Waals surface area (Å²) in [6.45, 7) is 0. The van der Waals surface area contributed by atoms with Gasteiger partial charge in [0.05, 0.1) is 11.9 Å². The zero-order valence-electron chi connectivity index (χ0n) is 12.6. The van der Waals surface area contributed by atoms with Gasteiger partial charge in [-0.25, -0.2) is 4.68 Å². The second-order valence-electron chi connectivity index (χ2n) is 5.72. The average Bonchev–Trinajstić information content (AvgIpc) is 2.95. The number of nitrogens with two attached hydrogens (primary N) is 1. The minimum absolute atomic E-state index is 0. The van der Waals surface area contributed by atoms with Crippen molar-refractivity contribution in [1.82, 2.24) is 9.78 Å². The number of aromatic nitrogens is 2. The van der Waals surface area contributed by atoms with Crippen molar-refractivity contribution >= 4 is 35.7 Å². The lowest BCUT2D eigenvalue weighted by Gasteiger charge is -2.25. The third kappa shape index (κ3) is 4.25. The molecule has 1 fully saturated rings. The number of halogens is 2. The van der Waals surface area contributed by atoms with E-state index in [0.717, 1.165) is 31.4 Å². The molecule has 5 nitrogen and oxygen atoms in total. The summed E-state index contributed by atoms with van der Waals surface area (Å²) in [5, 5.41) is 7.85. The Hall–Kier alpha value is -1.56. The first kappa shape index (κ1) is 17.8. The minimum Gasteiger partial charge on any atom is -0.328 e. The largest absolute Gasteiger partial charge is 0.328 e. The number of benzene rings is 1. The van der Waals surface area contributed by atoms with Gasteiger partial charge in [-0.2, -0.15) is 5.10 Å². The topological polar surface area (TPSA) is 72.9 Å². The van der Waals surface area contributed by atoms with Crippen LogP contribution in [0.4, 0.5) is 5.82 Å². The van der Waals surface area contributed by atoms with Gasteiger partial charge >= 0.3 is 0 Å². The van der Waals surface area contributed by atoms with Crippen molar-refractivity contribution in [3.05, 3.63) is 41.6 Å². The van der Waals surface area contributed by atoms with E-state index in [9.17, 15) is 4.79 Å². The zero-order valence-corrected chi connectivity index (χ0v) is 14.2. The van der Waals surface area contributed by atoms with Gasteiger partial charge < -0.3 is 11.1 Å². The van der Waals surface area contributed by atoms with Crippen molar-refractivity contribution in [2.24, 2.45) is 11.7 Å². The Morgan fingerprint density at radius 1 is 1.35 bits per heavy atom. The van der Waals surface area contributed by atoms with Crippen LogP contribution in [0.1, 0.15) is 25.7 Å². The summed E-state index contributed by atoms with van der Waals surface area (Å²) < 4.78 is 1.67. The second-order valence-corrected chi connectivity index (χ2v) is 6.16. The van der Waals surface area contributed by atoms with Crippen LogP contribution in [0.15, 0.2) is 36.5 Å². The lowest BCUT2D eigenvalue weighted by molar-refractivity contribution is -0.120. The van der Waals surface area contributed by atoms with Gasteiger partial charge in [0.15, 0.2) is 0 Å². The molecule has 0 bridgehead atoms. The van der Waals surface area contributed by atoms with Crippen molar-refractivity contribution in [3.63, 3.8) is 0 Å². The highest BCUT2D eigenvalue weighted by molar-refractivity contribution is 6.30. The molecule has 1 saturated carbocycles. The summed E-state index contributed by atoms with van der Waals surface area (Å²) in [7, 11) is 0. The Labute approximate surface area is 146 Å². The molecule has 2 unspecified atom stereocenters. The van der Waals surface area contributed by atoms with E-state index in [0.29, 0.717) is 10.8 Å². The van der Waals surface area contributed by atoms with Crippen molar-refractivity contribution in [2.75, 3.05) is 5.32 Å². The van der Waals surface area contributed by atoms with E-state index in [1.54, 1.807) is 29.1 Å². The number of carbonyl (C=O) groups excluding carboxylic acids is 1. The number of anilines is 1. The molecule has 0 spiro atoms. The molecule has 3 rings (SSSR count). The molecule has 0 radical (unpaired) electrons. The first-order valence-corrected chi connectivity index (χ1v) is 7.87. The first-order valence-electron chi connectivity index (χ1n) is 7.50. The molecule has 1 heterocycles. The molecule has 1 amide bonds. The van der Waals surface area contributed by atoms with Crippen molar-refractivity contribution in [1.29, 1.82) is 0 Å². The van der Waals surface area contributed by atoms with Crippen LogP contribution in [0.3, 0.4) is 0 Å². The normalized spacial score (nSPS) is 20.6. The molecule has 3 N–H and O–H groups in total. The third-order valence-electron chi connectivity index (χ3n) is 4.03. The van der Waals surface area contributed by atoms with Crippen LogP contribution in [0, 0.1) is 5.92 Å². The molecule has 2 aromatic rings. The fourth-order valence-electron chi connectivity index (χ4n) is 2.91. The van der Waals surface area contributed by atoms with Gasteiger partial charge in [-0.3, -0.25) is 4.79 Å². The molecule has 0 saturated heterocycles. The maximum Gasteiger partial charge on any atom is 0.228 e. The Kier molecular flexibility index (Phi) is 6.04. The van der Waals surface area contributed by atoms with Gasteiger partial charge in [0.1, 0.15) is 5.82 Å². The maximum absolute atomic E-state index is 12.4. The zero-order chi connectivity index (χ0) is 15.5. The summed E-state index contributed by atoms with van der Waals surface area (Å²) in [6.07, 6.45) is 5.31. The Bertz CT molecular complexity index is 674. The van der Waals surface area contributed by atoms with Crippen LogP contribution < -0.4 is 11.1 Å². The molecule has 7 heteroatoms. The lowest BCUT2D eigenvalue weighted by atomic mass is 9.85. The van der Waals surface area contributed by atoms with E-state index >= 15 is 0 Å². The van der Waals surface area contributed by atoms with Gasteiger partial charge in [-0.1, -0.05) is 24.1 Å². The van der Waals surface area contributed by atoms with Gasteiger partial charge in [-0.05, 0) is 37.5 Å². The Morgan fingerprint density at radius 2 is 2.17 bits per heavy atom. The van der Waals surface area contributed by atoms with Gasteiger partial charge in [-0.15, -0.1) is 12.4 Å². The van der Waals surface area contributed by atoms with E-state index in [2.05, 4.69) is 10.4 Å². The predicted octanol–water partition coefficient (Wildman–Crippen LogP) is 3.40. The van der Waals surface area contributed by atoms with Gasteiger partial charge in [0.2, 0.25) is 5.91 Å². The third-order valence-corrected chi connectivity index (χ3v) is 4.27.